The van der Waals surface area contributed by atoms with Crippen molar-refractivity contribution in [3.8, 4) is 0 Å². The van der Waals surface area contributed by atoms with Gasteiger partial charge in [-0.3, -0.25) is 0 Å². The van der Waals surface area contributed by atoms with Gasteiger partial charge < -0.3 is 15.7 Å². The highest BCUT2D eigenvalue weighted by molar-refractivity contribution is 9.10. The van der Waals surface area contributed by atoms with Gasteiger partial charge in [-0.1, -0.05) is 34.1 Å². The molecule has 1 fully saturated rings. The molecule has 0 spiro atoms. The van der Waals surface area contributed by atoms with E-state index in [9.17, 15) is 5.11 Å². The van der Waals surface area contributed by atoms with Crippen LogP contribution in [0.25, 0.3) is 0 Å². The quantitative estimate of drug-likeness (QED) is 0.788. The number of aliphatic hydroxyl groups is 1. The third-order valence-corrected chi connectivity index (χ3v) is 3.76. The van der Waals surface area contributed by atoms with Crippen molar-refractivity contribution >= 4 is 28.3 Å². The van der Waals surface area contributed by atoms with Crippen molar-refractivity contribution in [1.82, 2.24) is 10.6 Å². The summed E-state index contributed by atoms with van der Waals surface area (Å²) < 4.78 is 1.13. The first-order valence-electron chi connectivity index (χ1n) is 5.60. The molecule has 2 atom stereocenters. The Hall–Kier alpha value is -0.130. The SMILES string of the molecule is Cl.OC1CNCC1CNCc1ccccc1Br. The van der Waals surface area contributed by atoms with Crippen molar-refractivity contribution in [2.24, 2.45) is 5.92 Å². The molecule has 2 rings (SSSR count). The van der Waals surface area contributed by atoms with Crippen LogP contribution < -0.4 is 10.6 Å². The van der Waals surface area contributed by atoms with Crippen molar-refractivity contribution in [1.29, 1.82) is 0 Å². The lowest BCUT2D eigenvalue weighted by Crippen LogP contribution is -2.30. The van der Waals surface area contributed by atoms with E-state index in [0.29, 0.717) is 5.92 Å². The molecule has 0 saturated carbocycles. The molecule has 0 aromatic heterocycles. The number of nitrogens with one attached hydrogen (secondary N) is 2. The van der Waals surface area contributed by atoms with Crippen LogP contribution in [0, 0.1) is 5.92 Å². The summed E-state index contributed by atoms with van der Waals surface area (Å²) in [7, 11) is 0. The number of β-amino-alcohol motifs (C(OH)–C–C–N with tert-alkyl or cyclic N) is 1. The first-order chi connectivity index (χ1) is 7.77. The molecule has 0 aliphatic carbocycles. The van der Waals surface area contributed by atoms with Crippen molar-refractivity contribution < 1.29 is 5.11 Å². The summed E-state index contributed by atoms with van der Waals surface area (Å²) in [4.78, 5) is 0. The summed E-state index contributed by atoms with van der Waals surface area (Å²) in [6, 6.07) is 8.19. The van der Waals surface area contributed by atoms with Gasteiger partial charge in [-0.25, -0.2) is 0 Å². The Morgan fingerprint density at radius 2 is 2.12 bits per heavy atom. The molecule has 1 aromatic rings. The van der Waals surface area contributed by atoms with Gasteiger partial charge in [0.15, 0.2) is 0 Å². The van der Waals surface area contributed by atoms with Crippen molar-refractivity contribution in [2.75, 3.05) is 19.6 Å². The summed E-state index contributed by atoms with van der Waals surface area (Å²) in [6.45, 7) is 3.33. The predicted molar refractivity (Wildman–Crippen MR) is 75.5 cm³/mol. The van der Waals surface area contributed by atoms with E-state index in [1.165, 1.54) is 5.56 Å². The van der Waals surface area contributed by atoms with Crippen molar-refractivity contribution in [3.63, 3.8) is 0 Å². The van der Waals surface area contributed by atoms with E-state index in [4.69, 9.17) is 0 Å². The molecule has 2 unspecified atom stereocenters. The molecule has 1 heterocycles. The highest BCUT2D eigenvalue weighted by Gasteiger charge is 2.23. The molecular weight excluding hydrogens is 304 g/mol. The van der Waals surface area contributed by atoms with E-state index in [2.05, 4.69) is 32.6 Å². The fourth-order valence-corrected chi connectivity index (χ4v) is 2.39. The molecule has 3 N–H and O–H groups in total. The number of halogens is 2. The molecule has 17 heavy (non-hydrogen) atoms. The van der Waals surface area contributed by atoms with Crippen LogP contribution in [0.5, 0.6) is 0 Å². The van der Waals surface area contributed by atoms with Crippen LogP contribution in [0.4, 0.5) is 0 Å². The molecule has 0 bridgehead atoms. The minimum Gasteiger partial charge on any atom is -0.391 e. The van der Waals surface area contributed by atoms with E-state index < -0.39 is 0 Å². The summed E-state index contributed by atoms with van der Waals surface area (Å²) in [5, 5.41) is 16.2. The molecule has 0 radical (unpaired) electrons. The summed E-state index contributed by atoms with van der Waals surface area (Å²) in [5.74, 6) is 0.336. The van der Waals surface area contributed by atoms with Crippen LogP contribution in [0.1, 0.15) is 5.56 Å². The normalized spacial score (nSPS) is 23.4. The molecule has 96 valence electrons. The van der Waals surface area contributed by atoms with E-state index in [0.717, 1.165) is 30.7 Å². The van der Waals surface area contributed by atoms with Crippen LogP contribution in [0.2, 0.25) is 0 Å². The number of hydrogen-bond acceptors (Lipinski definition) is 3. The van der Waals surface area contributed by atoms with Crippen LogP contribution in [0.15, 0.2) is 28.7 Å². The lowest BCUT2D eigenvalue weighted by Gasteiger charge is -2.14. The number of rotatable bonds is 4. The fraction of sp³-hybridized carbons (Fsp3) is 0.500. The topological polar surface area (TPSA) is 44.3 Å². The predicted octanol–water partition coefficient (Wildman–Crippen LogP) is 1.54. The van der Waals surface area contributed by atoms with E-state index in [-0.39, 0.29) is 18.5 Å². The Balaban J connectivity index is 0.00000144. The molecule has 3 nitrogen and oxygen atoms in total. The fourth-order valence-electron chi connectivity index (χ4n) is 1.96. The Labute approximate surface area is 117 Å². The van der Waals surface area contributed by atoms with Gasteiger partial charge in [-0.15, -0.1) is 12.4 Å². The molecular formula is C12H18BrClN2O. The molecule has 1 saturated heterocycles. The van der Waals surface area contributed by atoms with Crippen molar-refractivity contribution in [3.05, 3.63) is 34.3 Å². The number of benzene rings is 1. The minimum atomic E-state index is -0.202. The molecule has 1 aromatic carbocycles. The lowest BCUT2D eigenvalue weighted by atomic mass is 10.1. The Morgan fingerprint density at radius 3 is 2.76 bits per heavy atom. The molecule has 0 amide bonds. The maximum atomic E-state index is 9.63. The van der Waals surface area contributed by atoms with Gasteiger partial charge in [0.05, 0.1) is 6.10 Å². The van der Waals surface area contributed by atoms with Gasteiger partial charge in [-0.05, 0) is 11.6 Å². The first-order valence-corrected chi connectivity index (χ1v) is 6.39. The first kappa shape index (κ1) is 14.9. The third-order valence-electron chi connectivity index (χ3n) is 2.98. The van der Waals surface area contributed by atoms with Crippen LogP contribution >= 0.6 is 28.3 Å². The highest BCUT2D eigenvalue weighted by Crippen LogP contribution is 2.15. The smallest absolute Gasteiger partial charge is 0.0716 e. The summed E-state index contributed by atoms with van der Waals surface area (Å²) >= 11 is 3.52. The van der Waals surface area contributed by atoms with Gasteiger partial charge in [0.25, 0.3) is 0 Å². The average molecular weight is 322 g/mol. The Bertz CT molecular complexity index is 351. The summed E-state index contributed by atoms with van der Waals surface area (Å²) in [6.07, 6.45) is -0.202. The minimum absolute atomic E-state index is 0. The molecule has 5 heteroatoms. The van der Waals surface area contributed by atoms with Gasteiger partial charge in [0.1, 0.15) is 0 Å². The highest BCUT2D eigenvalue weighted by atomic mass is 79.9. The second-order valence-electron chi connectivity index (χ2n) is 4.21. The van der Waals surface area contributed by atoms with Crippen LogP contribution in [-0.2, 0) is 6.54 Å². The molecule has 1 aliphatic rings. The largest absolute Gasteiger partial charge is 0.391 e. The maximum absolute atomic E-state index is 9.63. The van der Waals surface area contributed by atoms with Crippen molar-refractivity contribution in [2.45, 2.75) is 12.6 Å². The zero-order valence-electron chi connectivity index (χ0n) is 9.53. The maximum Gasteiger partial charge on any atom is 0.0716 e. The standard InChI is InChI=1S/C12H17BrN2O.ClH/c13-11-4-2-1-3-9(11)5-14-6-10-7-15-8-12(10)16;/h1-4,10,12,14-16H,5-8H2;1H. The second-order valence-corrected chi connectivity index (χ2v) is 5.06. The Kier molecular flexibility index (Phi) is 6.44. The second kappa shape index (κ2) is 7.34. The monoisotopic (exact) mass is 320 g/mol. The third kappa shape index (κ3) is 4.23. The number of aliphatic hydroxyl groups excluding tert-OH is 1. The van der Waals surface area contributed by atoms with E-state index in [1.54, 1.807) is 0 Å². The van der Waals surface area contributed by atoms with Gasteiger partial charge in [0.2, 0.25) is 0 Å². The van der Waals surface area contributed by atoms with Crippen LogP contribution in [-0.4, -0.2) is 30.8 Å². The molecule has 1 aliphatic heterocycles. The van der Waals surface area contributed by atoms with Gasteiger partial charge in [0, 0.05) is 36.6 Å². The summed E-state index contributed by atoms with van der Waals surface area (Å²) in [5.41, 5.74) is 1.25. The average Bonchev–Trinajstić information content (AvgIpc) is 2.67. The van der Waals surface area contributed by atoms with E-state index >= 15 is 0 Å². The van der Waals surface area contributed by atoms with Gasteiger partial charge >= 0.3 is 0 Å². The Morgan fingerprint density at radius 1 is 1.35 bits per heavy atom. The zero-order valence-corrected chi connectivity index (χ0v) is 11.9. The number of hydrogen-bond donors (Lipinski definition) is 3. The van der Waals surface area contributed by atoms with E-state index in [1.807, 2.05) is 18.2 Å². The zero-order chi connectivity index (χ0) is 11.4. The van der Waals surface area contributed by atoms with Gasteiger partial charge in [-0.2, -0.15) is 0 Å². The lowest BCUT2D eigenvalue weighted by molar-refractivity contribution is 0.146. The van der Waals surface area contributed by atoms with Crippen LogP contribution in [0.3, 0.4) is 0 Å².